The first-order chi connectivity index (χ1) is 9.95. The van der Waals surface area contributed by atoms with Crippen molar-refractivity contribution in [2.24, 2.45) is 0 Å². The molecule has 6 nitrogen and oxygen atoms in total. The summed E-state index contributed by atoms with van der Waals surface area (Å²) in [6.45, 7) is 3.86. The van der Waals surface area contributed by atoms with Crippen LogP contribution in [0.3, 0.4) is 0 Å². The Kier molecular flexibility index (Phi) is 4.18. The number of aryl methyl sites for hydroxylation is 2. The van der Waals surface area contributed by atoms with Gasteiger partial charge in [-0.25, -0.2) is 14.6 Å². The topological polar surface area (TPSA) is 91.3 Å². The summed E-state index contributed by atoms with van der Waals surface area (Å²) in [4.78, 5) is 26.7. The lowest BCUT2D eigenvalue weighted by molar-refractivity contribution is 0.0692. The second-order valence-corrected chi connectivity index (χ2v) is 4.66. The van der Waals surface area contributed by atoms with Gasteiger partial charge >= 0.3 is 12.0 Å². The van der Waals surface area contributed by atoms with E-state index in [1.54, 1.807) is 6.07 Å². The number of pyridine rings is 1. The molecule has 1 aromatic carbocycles. The van der Waals surface area contributed by atoms with E-state index in [1.165, 1.54) is 12.3 Å². The lowest BCUT2D eigenvalue weighted by atomic mass is 10.1. The fourth-order valence-electron chi connectivity index (χ4n) is 2.01. The van der Waals surface area contributed by atoms with E-state index in [0.717, 1.165) is 11.1 Å². The summed E-state index contributed by atoms with van der Waals surface area (Å²) in [5.41, 5.74) is 2.64. The molecule has 2 amide bonds. The maximum atomic E-state index is 11.9. The average molecular weight is 285 g/mol. The number of carboxylic acids is 1. The second kappa shape index (κ2) is 6.04. The van der Waals surface area contributed by atoms with Crippen LogP contribution in [-0.2, 0) is 0 Å². The first-order valence-electron chi connectivity index (χ1n) is 6.30. The lowest BCUT2D eigenvalue weighted by Crippen LogP contribution is -2.21. The third-order valence-corrected chi connectivity index (χ3v) is 2.74. The first kappa shape index (κ1) is 14.5. The molecule has 1 aromatic heterocycles. The van der Waals surface area contributed by atoms with E-state index in [2.05, 4.69) is 15.6 Å². The van der Waals surface area contributed by atoms with E-state index >= 15 is 0 Å². The Labute approximate surface area is 121 Å². The number of nitrogens with one attached hydrogen (secondary N) is 2. The van der Waals surface area contributed by atoms with Crippen molar-refractivity contribution in [1.29, 1.82) is 0 Å². The van der Waals surface area contributed by atoms with E-state index in [9.17, 15) is 9.59 Å². The molecule has 0 saturated heterocycles. The minimum Gasteiger partial charge on any atom is -0.476 e. The quantitative estimate of drug-likeness (QED) is 0.808. The molecule has 108 valence electrons. The highest BCUT2D eigenvalue weighted by atomic mass is 16.4. The van der Waals surface area contributed by atoms with Gasteiger partial charge in [0.25, 0.3) is 0 Å². The van der Waals surface area contributed by atoms with Gasteiger partial charge in [-0.3, -0.25) is 0 Å². The molecule has 0 unspecified atom stereocenters. The predicted octanol–water partition coefficient (Wildman–Crippen LogP) is 3.04. The van der Waals surface area contributed by atoms with E-state index in [0.29, 0.717) is 5.69 Å². The Morgan fingerprint density at radius 3 is 2.38 bits per heavy atom. The zero-order valence-corrected chi connectivity index (χ0v) is 11.7. The van der Waals surface area contributed by atoms with Crippen molar-refractivity contribution < 1.29 is 14.7 Å². The Bertz CT molecular complexity index is 678. The summed E-state index contributed by atoms with van der Waals surface area (Å²) in [6.07, 6.45) is 1.36. The number of rotatable bonds is 3. The first-order valence-corrected chi connectivity index (χ1v) is 6.30. The van der Waals surface area contributed by atoms with Crippen LogP contribution in [0.4, 0.5) is 16.2 Å². The molecule has 0 bridgehead atoms. The maximum absolute atomic E-state index is 11.9. The van der Waals surface area contributed by atoms with Crippen molar-refractivity contribution in [2.45, 2.75) is 13.8 Å². The second-order valence-electron chi connectivity index (χ2n) is 4.66. The number of aromatic carboxylic acids is 1. The number of benzene rings is 1. The molecule has 0 atom stereocenters. The summed E-state index contributed by atoms with van der Waals surface area (Å²) < 4.78 is 0. The van der Waals surface area contributed by atoms with Crippen LogP contribution >= 0.6 is 0 Å². The summed E-state index contributed by atoms with van der Waals surface area (Å²) in [6, 6.07) is 8.17. The smallest absolute Gasteiger partial charge is 0.356 e. The molecule has 1 heterocycles. The SMILES string of the molecule is Cc1cc(C)cc(NC(=O)Nc2cccnc2C(=O)O)c1. The molecule has 0 saturated carbocycles. The molecule has 0 radical (unpaired) electrons. The van der Waals surface area contributed by atoms with Gasteiger partial charge in [-0.2, -0.15) is 0 Å². The van der Waals surface area contributed by atoms with Crippen LogP contribution in [0.1, 0.15) is 21.6 Å². The fraction of sp³-hybridized carbons (Fsp3) is 0.133. The van der Waals surface area contributed by atoms with Crippen LogP contribution in [0.15, 0.2) is 36.5 Å². The van der Waals surface area contributed by atoms with Crippen LogP contribution in [0.25, 0.3) is 0 Å². The molecule has 0 aliphatic heterocycles. The van der Waals surface area contributed by atoms with Gasteiger partial charge < -0.3 is 15.7 Å². The number of carbonyl (C=O) groups is 2. The monoisotopic (exact) mass is 285 g/mol. The van der Waals surface area contributed by atoms with Gasteiger partial charge in [-0.1, -0.05) is 6.07 Å². The van der Waals surface area contributed by atoms with Gasteiger partial charge in [-0.15, -0.1) is 0 Å². The molecular weight excluding hydrogens is 270 g/mol. The van der Waals surface area contributed by atoms with Crippen molar-refractivity contribution in [3.05, 3.63) is 53.3 Å². The van der Waals surface area contributed by atoms with Gasteiger partial charge in [0, 0.05) is 11.9 Å². The van der Waals surface area contributed by atoms with Crippen LogP contribution in [0.5, 0.6) is 0 Å². The molecule has 0 aliphatic carbocycles. The highest BCUT2D eigenvalue weighted by molar-refractivity contribution is 6.03. The van der Waals surface area contributed by atoms with Crippen molar-refractivity contribution >= 4 is 23.4 Å². The van der Waals surface area contributed by atoms with E-state index in [4.69, 9.17) is 5.11 Å². The van der Waals surface area contributed by atoms with E-state index < -0.39 is 12.0 Å². The van der Waals surface area contributed by atoms with Crippen LogP contribution in [0.2, 0.25) is 0 Å². The Hall–Kier alpha value is -2.89. The van der Waals surface area contributed by atoms with Gasteiger partial charge in [-0.05, 0) is 49.2 Å². The molecule has 2 rings (SSSR count). The predicted molar refractivity (Wildman–Crippen MR) is 79.8 cm³/mol. The Morgan fingerprint density at radius 1 is 1.10 bits per heavy atom. The molecular formula is C15H15N3O3. The van der Waals surface area contributed by atoms with Gasteiger partial charge in [0.15, 0.2) is 5.69 Å². The van der Waals surface area contributed by atoms with Gasteiger partial charge in [0.05, 0.1) is 5.69 Å². The molecule has 3 N–H and O–H groups in total. The van der Waals surface area contributed by atoms with Crippen LogP contribution in [-0.4, -0.2) is 22.1 Å². The zero-order valence-electron chi connectivity index (χ0n) is 11.7. The normalized spacial score (nSPS) is 10.0. The number of anilines is 2. The zero-order chi connectivity index (χ0) is 15.4. The van der Waals surface area contributed by atoms with Crippen LogP contribution < -0.4 is 10.6 Å². The maximum Gasteiger partial charge on any atom is 0.356 e. The number of amides is 2. The van der Waals surface area contributed by atoms with Crippen molar-refractivity contribution in [3.63, 3.8) is 0 Å². The molecule has 0 spiro atoms. The number of urea groups is 1. The fourth-order valence-corrected chi connectivity index (χ4v) is 2.01. The molecule has 6 heteroatoms. The number of hydrogen-bond donors (Lipinski definition) is 3. The summed E-state index contributed by atoms with van der Waals surface area (Å²) in [5.74, 6) is -1.20. The van der Waals surface area contributed by atoms with E-state index in [-0.39, 0.29) is 11.4 Å². The molecule has 2 aromatic rings. The van der Waals surface area contributed by atoms with Gasteiger partial charge in [0.1, 0.15) is 0 Å². The number of nitrogens with zero attached hydrogens (tertiary/aromatic N) is 1. The molecule has 21 heavy (non-hydrogen) atoms. The van der Waals surface area contributed by atoms with Crippen molar-refractivity contribution in [2.75, 3.05) is 10.6 Å². The Morgan fingerprint density at radius 2 is 1.76 bits per heavy atom. The number of carbonyl (C=O) groups excluding carboxylic acids is 1. The summed E-state index contributed by atoms with van der Waals surface area (Å²) >= 11 is 0. The van der Waals surface area contributed by atoms with Crippen molar-refractivity contribution in [1.82, 2.24) is 4.98 Å². The molecule has 0 aliphatic rings. The summed E-state index contributed by atoms with van der Waals surface area (Å²) in [7, 11) is 0. The largest absolute Gasteiger partial charge is 0.476 e. The van der Waals surface area contributed by atoms with Crippen LogP contribution in [0, 0.1) is 13.8 Å². The highest BCUT2D eigenvalue weighted by Crippen LogP contribution is 2.16. The third-order valence-electron chi connectivity index (χ3n) is 2.74. The molecule has 0 fully saturated rings. The highest BCUT2D eigenvalue weighted by Gasteiger charge is 2.13. The lowest BCUT2D eigenvalue weighted by Gasteiger charge is -2.10. The number of aromatic nitrogens is 1. The van der Waals surface area contributed by atoms with Crippen molar-refractivity contribution in [3.8, 4) is 0 Å². The minimum atomic E-state index is -1.20. The number of carboxylic acid groups (broad SMARTS) is 1. The third kappa shape index (κ3) is 3.79. The Balaban J connectivity index is 2.14. The summed E-state index contributed by atoms with van der Waals surface area (Å²) in [5, 5.41) is 14.2. The standard InChI is InChI=1S/C15H15N3O3/c1-9-6-10(2)8-11(7-9)17-15(21)18-12-4-3-5-16-13(12)14(19)20/h3-8H,1-2H3,(H,19,20)(H2,17,18,21). The average Bonchev–Trinajstić information content (AvgIpc) is 2.37. The van der Waals surface area contributed by atoms with E-state index in [1.807, 2.05) is 32.0 Å². The minimum absolute atomic E-state index is 0.145. The number of hydrogen-bond acceptors (Lipinski definition) is 3. The van der Waals surface area contributed by atoms with Gasteiger partial charge in [0.2, 0.25) is 0 Å².